The van der Waals surface area contributed by atoms with Crippen molar-refractivity contribution in [1.82, 2.24) is 5.43 Å². The van der Waals surface area contributed by atoms with Crippen LogP contribution >= 0.6 is 15.9 Å². The molecular formula is C19H15BrN2O2. The Morgan fingerprint density at radius 2 is 1.96 bits per heavy atom. The second-order valence-electron chi connectivity index (χ2n) is 5.11. The number of hydrogen-bond acceptors (Lipinski definition) is 3. The van der Waals surface area contributed by atoms with Crippen molar-refractivity contribution in [2.45, 2.75) is 0 Å². The minimum atomic E-state index is -0.272. The van der Waals surface area contributed by atoms with Crippen LogP contribution in [0.2, 0.25) is 0 Å². The van der Waals surface area contributed by atoms with E-state index in [-0.39, 0.29) is 5.91 Å². The molecular weight excluding hydrogens is 368 g/mol. The summed E-state index contributed by atoms with van der Waals surface area (Å²) < 4.78 is 6.24. The van der Waals surface area contributed by atoms with Gasteiger partial charge in [0.05, 0.1) is 13.3 Å². The number of nitrogens with zero attached hydrogens (tertiary/aromatic N) is 1. The maximum atomic E-state index is 12.1. The summed E-state index contributed by atoms with van der Waals surface area (Å²) in [5, 5.41) is 6.18. The van der Waals surface area contributed by atoms with Crippen molar-refractivity contribution < 1.29 is 9.53 Å². The molecule has 5 heteroatoms. The monoisotopic (exact) mass is 382 g/mol. The van der Waals surface area contributed by atoms with Crippen LogP contribution in [0, 0.1) is 0 Å². The predicted octanol–water partition coefficient (Wildman–Crippen LogP) is 4.37. The first kappa shape index (κ1) is 16.2. The van der Waals surface area contributed by atoms with Gasteiger partial charge in [-0.05, 0) is 35.0 Å². The van der Waals surface area contributed by atoms with Crippen molar-refractivity contribution in [3.05, 3.63) is 76.3 Å². The molecule has 1 amide bonds. The van der Waals surface area contributed by atoms with Gasteiger partial charge in [0.25, 0.3) is 5.91 Å². The van der Waals surface area contributed by atoms with Gasteiger partial charge in [0.2, 0.25) is 0 Å². The van der Waals surface area contributed by atoms with E-state index in [0.29, 0.717) is 11.3 Å². The molecule has 0 radical (unpaired) electrons. The van der Waals surface area contributed by atoms with Crippen molar-refractivity contribution >= 4 is 38.8 Å². The molecule has 0 bridgehead atoms. The summed E-state index contributed by atoms with van der Waals surface area (Å²) >= 11 is 3.35. The van der Waals surface area contributed by atoms with Gasteiger partial charge >= 0.3 is 0 Å². The zero-order valence-electron chi connectivity index (χ0n) is 13.0. The third-order valence-electron chi connectivity index (χ3n) is 3.60. The van der Waals surface area contributed by atoms with Crippen LogP contribution in [0.25, 0.3) is 10.8 Å². The Morgan fingerprint density at radius 1 is 1.12 bits per heavy atom. The molecule has 0 aliphatic heterocycles. The maximum Gasteiger partial charge on any atom is 0.271 e. The quantitative estimate of drug-likeness (QED) is 0.537. The number of amides is 1. The van der Waals surface area contributed by atoms with Gasteiger partial charge in [0.1, 0.15) is 5.75 Å². The number of nitrogens with one attached hydrogen (secondary N) is 1. The molecule has 1 N–H and O–H groups in total. The summed E-state index contributed by atoms with van der Waals surface area (Å²) in [6, 6.07) is 19.0. The Morgan fingerprint density at radius 3 is 2.75 bits per heavy atom. The lowest BCUT2D eigenvalue weighted by Crippen LogP contribution is -2.17. The molecule has 24 heavy (non-hydrogen) atoms. The van der Waals surface area contributed by atoms with Crippen LogP contribution in [0.3, 0.4) is 0 Å². The van der Waals surface area contributed by atoms with E-state index in [1.807, 2.05) is 42.5 Å². The number of halogens is 1. The van der Waals surface area contributed by atoms with Gasteiger partial charge in [-0.2, -0.15) is 5.10 Å². The van der Waals surface area contributed by atoms with Crippen LogP contribution in [-0.4, -0.2) is 19.2 Å². The number of methoxy groups -OCH3 is 1. The zero-order valence-corrected chi connectivity index (χ0v) is 14.6. The van der Waals surface area contributed by atoms with Crippen LogP contribution < -0.4 is 10.2 Å². The highest BCUT2D eigenvalue weighted by molar-refractivity contribution is 9.10. The molecule has 0 aliphatic carbocycles. The summed E-state index contributed by atoms with van der Waals surface area (Å²) in [6.45, 7) is 0. The number of carbonyl (C=O) groups is 1. The van der Waals surface area contributed by atoms with Gasteiger partial charge < -0.3 is 4.74 Å². The van der Waals surface area contributed by atoms with E-state index in [9.17, 15) is 4.79 Å². The van der Waals surface area contributed by atoms with E-state index in [0.717, 1.165) is 20.8 Å². The van der Waals surface area contributed by atoms with Crippen molar-refractivity contribution in [2.24, 2.45) is 5.10 Å². The van der Waals surface area contributed by atoms with Crippen molar-refractivity contribution in [2.75, 3.05) is 7.11 Å². The maximum absolute atomic E-state index is 12.1. The number of fused-ring (bicyclic) bond motifs is 1. The van der Waals surface area contributed by atoms with Gasteiger partial charge in [-0.15, -0.1) is 0 Å². The lowest BCUT2D eigenvalue weighted by Gasteiger charge is -2.08. The Labute approximate surface area is 148 Å². The van der Waals surface area contributed by atoms with E-state index in [4.69, 9.17) is 4.74 Å². The number of rotatable bonds is 4. The molecule has 0 saturated heterocycles. The molecule has 0 aromatic heterocycles. The van der Waals surface area contributed by atoms with Crippen molar-refractivity contribution in [1.29, 1.82) is 0 Å². The van der Waals surface area contributed by atoms with E-state index >= 15 is 0 Å². The average molecular weight is 383 g/mol. The Balaban J connectivity index is 1.86. The molecule has 0 spiro atoms. The third kappa shape index (κ3) is 3.46. The molecule has 3 rings (SSSR count). The summed E-state index contributed by atoms with van der Waals surface area (Å²) in [4.78, 5) is 12.1. The predicted molar refractivity (Wildman–Crippen MR) is 99.7 cm³/mol. The van der Waals surface area contributed by atoms with E-state index in [1.54, 1.807) is 31.5 Å². The molecule has 0 atom stereocenters. The number of ether oxygens (including phenoxy) is 1. The molecule has 0 heterocycles. The van der Waals surface area contributed by atoms with Gasteiger partial charge in [0.15, 0.2) is 0 Å². The second kappa shape index (κ2) is 7.27. The highest BCUT2D eigenvalue weighted by atomic mass is 79.9. The summed E-state index contributed by atoms with van der Waals surface area (Å²) in [5.74, 6) is 0.431. The second-order valence-corrected chi connectivity index (χ2v) is 6.03. The van der Waals surface area contributed by atoms with Crippen LogP contribution in [0.5, 0.6) is 5.75 Å². The largest absolute Gasteiger partial charge is 0.496 e. The molecule has 3 aromatic rings. The molecule has 4 nitrogen and oxygen atoms in total. The zero-order chi connectivity index (χ0) is 16.9. The van der Waals surface area contributed by atoms with Crippen LogP contribution in [0.15, 0.2) is 70.2 Å². The fourth-order valence-electron chi connectivity index (χ4n) is 2.44. The smallest absolute Gasteiger partial charge is 0.271 e. The number of benzene rings is 3. The minimum Gasteiger partial charge on any atom is -0.496 e. The number of carbonyl (C=O) groups excluding carboxylic acids is 1. The molecule has 120 valence electrons. The summed E-state index contributed by atoms with van der Waals surface area (Å²) in [7, 11) is 1.61. The molecule has 0 fully saturated rings. The SMILES string of the molecule is COc1ccc2ccccc2c1C=NNC(=O)c1cccc(Br)c1. The van der Waals surface area contributed by atoms with Crippen molar-refractivity contribution in [3.8, 4) is 5.75 Å². The van der Waals surface area contributed by atoms with Gasteiger partial charge in [-0.3, -0.25) is 4.79 Å². The third-order valence-corrected chi connectivity index (χ3v) is 4.09. The summed E-state index contributed by atoms with van der Waals surface area (Å²) in [6.07, 6.45) is 1.61. The van der Waals surface area contributed by atoms with Crippen LogP contribution in [0.1, 0.15) is 15.9 Å². The topological polar surface area (TPSA) is 50.7 Å². The van der Waals surface area contributed by atoms with Gasteiger partial charge in [-0.25, -0.2) is 5.43 Å². The molecule has 0 saturated carbocycles. The first-order valence-electron chi connectivity index (χ1n) is 7.34. The Hall–Kier alpha value is -2.66. The number of hydrazone groups is 1. The summed E-state index contributed by atoms with van der Waals surface area (Å²) in [5.41, 5.74) is 3.90. The lowest BCUT2D eigenvalue weighted by molar-refractivity contribution is 0.0955. The van der Waals surface area contributed by atoms with Crippen LogP contribution in [-0.2, 0) is 0 Å². The lowest BCUT2D eigenvalue weighted by atomic mass is 10.0. The fourth-order valence-corrected chi connectivity index (χ4v) is 2.84. The first-order valence-corrected chi connectivity index (χ1v) is 8.13. The highest BCUT2D eigenvalue weighted by Gasteiger charge is 2.07. The van der Waals surface area contributed by atoms with Gasteiger partial charge in [-0.1, -0.05) is 52.3 Å². The minimum absolute atomic E-state index is 0.272. The van der Waals surface area contributed by atoms with E-state index in [1.165, 1.54) is 0 Å². The molecule has 0 aliphatic rings. The normalized spacial score (nSPS) is 10.9. The van der Waals surface area contributed by atoms with E-state index in [2.05, 4.69) is 26.5 Å². The fraction of sp³-hybridized carbons (Fsp3) is 0.0526. The number of hydrogen-bond donors (Lipinski definition) is 1. The van der Waals surface area contributed by atoms with Crippen LogP contribution in [0.4, 0.5) is 0 Å². The van der Waals surface area contributed by atoms with Gasteiger partial charge in [0, 0.05) is 15.6 Å². The first-order chi connectivity index (χ1) is 11.7. The standard InChI is InChI=1S/C19H15BrN2O2/c1-24-18-10-9-13-5-2-3-8-16(13)17(18)12-21-22-19(23)14-6-4-7-15(20)11-14/h2-12H,1H3,(H,22,23). The average Bonchev–Trinajstić information content (AvgIpc) is 2.61. The highest BCUT2D eigenvalue weighted by Crippen LogP contribution is 2.26. The van der Waals surface area contributed by atoms with E-state index < -0.39 is 0 Å². The molecule has 3 aromatic carbocycles. The molecule has 0 unspecified atom stereocenters. The Kier molecular flexibility index (Phi) is 4.91. The van der Waals surface area contributed by atoms with Crippen molar-refractivity contribution in [3.63, 3.8) is 0 Å². The Bertz CT molecular complexity index is 922.